The van der Waals surface area contributed by atoms with Crippen molar-refractivity contribution in [1.82, 2.24) is 9.97 Å². The molecule has 3 nitrogen and oxygen atoms in total. The Hall–Kier alpha value is -0.830. The number of aromatic nitrogens is 2. The molecule has 0 aliphatic heterocycles. The molecule has 0 fully saturated rings. The van der Waals surface area contributed by atoms with Crippen molar-refractivity contribution in [2.45, 2.75) is 66.2 Å². The normalized spacial score (nSPS) is 12.4. The van der Waals surface area contributed by atoms with Gasteiger partial charge < -0.3 is 4.74 Å². The second-order valence-electron chi connectivity index (χ2n) is 5.34. The molecule has 0 aliphatic rings. The van der Waals surface area contributed by atoms with E-state index in [1.807, 2.05) is 6.92 Å². The molecule has 0 spiro atoms. The SMILES string of the molecule is CCCCC(CC)COc1nc(CCC)nc(Cl)c1C. The van der Waals surface area contributed by atoms with Gasteiger partial charge in [0.2, 0.25) is 5.88 Å². The van der Waals surface area contributed by atoms with Crippen LogP contribution in [0.2, 0.25) is 5.15 Å². The molecule has 0 saturated heterocycles. The highest BCUT2D eigenvalue weighted by Crippen LogP contribution is 2.24. The zero-order chi connectivity index (χ0) is 15.0. The number of aryl methyl sites for hydroxylation is 1. The van der Waals surface area contributed by atoms with E-state index in [4.69, 9.17) is 16.3 Å². The highest BCUT2D eigenvalue weighted by Gasteiger charge is 2.13. The van der Waals surface area contributed by atoms with Crippen LogP contribution in [0.5, 0.6) is 5.88 Å². The molecule has 1 aromatic rings. The third-order valence-electron chi connectivity index (χ3n) is 3.56. The number of nitrogens with zero attached hydrogens (tertiary/aromatic N) is 2. The Balaban J connectivity index is 2.70. The smallest absolute Gasteiger partial charge is 0.221 e. The molecule has 20 heavy (non-hydrogen) atoms. The van der Waals surface area contributed by atoms with Gasteiger partial charge in [0, 0.05) is 12.0 Å². The molecule has 0 aromatic carbocycles. The van der Waals surface area contributed by atoms with Crippen LogP contribution >= 0.6 is 11.6 Å². The predicted octanol–water partition coefficient (Wildman–Crippen LogP) is 4.99. The zero-order valence-electron chi connectivity index (χ0n) is 13.2. The van der Waals surface area contributed by atoms with Crippen LogP contribution in [-0.2, 0) is 6.42 Å². The first kappa shape index (κ1) is 17.2. The van der Waals surface area contributed by atoms with E-state index >= 15 is 0 Å². The Morgan fingerprint density at radius 3 is 2.50 bits per heavy atom. The van der Waals surface area contributed by atoms with E-state index in [0.717, 1.165) is 37.3 Å². The van der Waals surface area contributed by atoms with E-state index in [1.165, 1.54) is 19.3 Å². The van der Waals surface area contributed by atoms with Crippen LogP contribution in [0.3, 0.4) is 0 Å². The zero-order valence-corrected chi connectivity index (χ0v) is 14.0. The largest absolute Gasteiger partial charge is 0.477 e. The van der Waals surface area contributed by atoms with Crippen molar-refractivity contribution >= 4 is 11.6 Å². The number of rotatable bonds is 9. The standard InChI is InChI=1S/C16H27ClN2O/c1-5-8-10-13(7-3)11-20-16-12(4)15(17)18-14(19-16)9-6-2/h13H,5-11H2,1-4H3. The van der Waals surface area contributed by atoms with E-state index in [1.54, 1.807) is 0 Å². The summed E-state index contributed by atoms with van der Waals surface area (Å²) in [4.78, 5) is 8.79. The number of halogens is 1. The van der Waals surface area contributed by atoms with E-state index in [2.05, 4.69) is 30.7 Å². The molecular formula is C16H27ClN2O. The van der Waals surface area contributed by atoms with E-state index in [9.17, 15) is 0 Å². The third-order valence-corrected chi connectivity index (χ3v) is 3.93. The fourth-order valence-electron chi connectivity index (χ4n) is 2.08. The van der Waals surface area contributed by atoms with E-state index < -0.39 is 0 Å². The maximum atomic E-state index is 6.16. The lowest BCUT2D eigenvalue weighted by molar-refractivity contribution is 0.223. The van der Waals surface area contributed by atoms with Gasteiger partial charge in [-0.25, -0.2) is 4.98 Å². The lowest BCUT2D eigenvalue weighted by Gasteiger charge is -2.16. The Morgan fingerprint density at radius 1 is 1.15 bits per heavy atom. The molecule has 1 atom stereocenters. The van der Waals surface area contributed by atoms with Gasteiger partial charge in [0.15, 0.2) is 0 Å². The summed E-state index contributed by atoms with van der Waals surface area (Å²) in [6.45, 7) is 9.18. The van der Waals surface area contributed by atoms with Crippen LogP contribution in [-0.4, -0.2) is 16.6 Å². The van der Waals surface area contributed by atoms with Crippen LogP contribution in [0.25, 0.3) is 0 Å². The van der Waals surface area contributed by atoms with E-state index in [0.29, 0.717) is 17.0 Å². The predicted molar refractivity (Wildman–Crippen MR) is 84.6 cm³/mol. The molecule has 0 saturated carbocycles. The van der Waals surface area contributed by atoms with Crippen molar-refractivity contribution < 1.29 is 4.74 Å². The summed E-state index contributed by atoms with van der Waals surface area (Å²) < 4.78 is 5.92. The number of ether oxygens (including phenoxy) is 1. The van der Waals surface area contributed by atoms with E-state index in [-0.39, 0.29) is 0 Å². The van der Waals surface area contributed by atoms with Crippen molar-refractivity contribution in [3.8, 4) is 5.88 Å². The van der Waals surface area contributed by atoms with Crippen LogP contribution in [0.1, 0.15) is 64.3 Å². The summed E-state index contributed by atoms with van der Waals surface area (Å²) in [6.07, 6.45) is 6.69. The van der Waals surface area contributed by atoms with Gasteiger partial charge in [-0.2, -0.15) is 4.98 Å². The maximum absolute atomic E-state index is 6.16. The molecule has 0 bridgehead atoms. The highest BCUT2D eigenvalue weighted by atomic mass is 35.5. The molecule has 1 aromatic heterocycles. The van der Waals surface area contributed by atoms with Crippen LogP contribution in [0.4, 0.5) is 0 Å². The summed E-state index contributed by atoms with van der Waals surface area (Å²) in [5.41, 5.74) is 0.844. The molecule has 1 heterocycles. The molecule has 1 rings (SSSR count). The second-order valence-corrected chi connectivity index (χ2v) is 5.70. The average Bonchev–Trinajstić information content (AvgIpc) is 2.44. The Labute approximate surface area is 128 Å². The molecule has 0 radical (unpaired) electrons. The number of hydrogen-bond acceptors (Lipinski definition) is 3. The molecule has 4 heteroatoms. The minimum Gasteiger partial charge on any atom is -0.477 e. The quantitative estimate of drug-likeness (QED) is 0.603. The second kappa shape index (κ2) is 9.17. The van der Waals surface area contributed by atoms with Crippen molar-refractivity contribution in [3.05, 3.63) is 16.5 Å². The Morgan fingerprint density at radius 2 is 1.90 bits per heavy atom. The minimum absolute atomic E-state index is 0.514. The number of unbranched alkanes of at least 4 members (excludes halogenated alkanes) is 1. The topological polar surface area (TPSA) is 35.0 Å². The van der Waals surface area contributed by atoms with Crippen molar-refractivity contribution in [2.24, 2.45) is 5.92 Å². The molecule has 1 unspecified atom stereocenters. The minimum atomic E-state index is 0.514. The van der Waals surface area contributed by atoms with Crippen molar-refractivity contribution in [3.63, 3.8) is 0 Å². The molecular weight excluding hydrogens is 272 g/mol. The monoisotopic (exact) mass is 298 g/mol. The van der Waals surface area contributed by atoms with Crippen LogP contribution in [0, 0.1) is 12.8 Å². The van der Waals surface area contributed by atoms with Gasteiger partial charge in [0.1, 0.15) is 11.0 Å². The van der Waals surface area contributed by atoms with Gasteiger partial charge in [-0.15, -0.1) is 0 Å². The van der Waals surface area contributed by atoms with Gasteiger partial charge in [-0.3, -0.25) is 0 Å². The fourth-order valence-corrected chi connectivity index (χ4v) is 2.26. The van der Waals surface area contributed by atoms with Gasteiger partial charge in [-0.1, -0.05) is 51.6 Å². The highest BCUT2D eigenvalue weighted by molar-refractivity contribution is 6.30. The third kappa shape index (κ3) is 5.28. The first-order valence-electron chi connectivity index (χ1n) is 7.78. The summed E-state index contributed by atoms with van der Waals surface area (Å²) in [5.74, 6) is 2.03. The first-order valence-corrected chi connectivity index (χ1v) is 8.15. The Bertz CT molecular complexity index is 410. The van der Waals surface area contributed by atoms with Crippen molar-refractivity contribution in [1.29, 1.82) is 0 Å². The number of hydrogen-bond donors (Lipinski definition) is 0. The van der Waals surface area contributed by atoms with Crippen LogP contribution in [0.15, 0.2) is 0 Å². The lowest BCUT2D eigenvalue weighted by Crippen LogP contribution is -2.13. The fraction of sp³-hybridized carbons (Fsp3) is 0.750. The lowest BCUT2D eigenvalue weighted by atomic mass is 10.0. The summed E-state index contributed by atoms with van der Waals surface area (Å²) in [7, 11) is 0. The summed E-state index contributed by atoms with van der Waals surface area (Å²) in [6, 6.07) is 0. The van der Waals surface area contributed by atoms with Crippen LogP contribution < -0.4 is 4.74 Å². The molecule has 0 N–H and O–H groups in total. The van der Waals surface area contributed by atoms with Gasteiger partial charge >= 0.3 is 0 Å². The first-order chi connectivity index (χ1) is 9.62. The molecule has 114 valence electrons. The molecule has 0 amide bonds. The van der Waals surface area contributed by atoms with Gasteiger partial charge in [0.05, 0.1) is 6.61 Å². The molecule has 0 aliphatic carbocycles. The van der Waals surface area contributed by atoms with Gasteiger partial charge in [0.25, 0.3) is 0 Å². The maximum Gasteiger partial charge on any atom is 0.221 e. The summed E-state index contributed by atoms with van der Waals surface area (Å²) >= 11 is 6.16. The van der Waals surface area contributed by atoms with Gasteiger partial charge in [-0.05, 0) is 25.7 Å². The average molecular weight is 299 g/mol. The summed E-state index contributed by atoms with van der Waals surface area (Å²) in [5, 5.41) is 0.514. The van der Waals surface area contributed by atoms with Crippen molar-refractivity contribution in [2.75, 3.05) is 6.61 Å². The Kier molecular flexibility index (Phi) is 7.90.